The van der Waals surface area contributed by atoms with Gasteiger partial charge in [0.25, 0.3) is 5.91 Å². The zero-order chi connectivity index (χ0) is 22.0. The van der Waals surface area contributed by atoms with Gasteiger partial charge in [-0.05, 0) is 50.6 Å². The van der Waals surface area contributed by atoms with Gasteiger partial charge < -0.3 is 14.8 Å². The minimum Gasteiger partial charge on any atom is -0.489 e. The van der Waals surface area contributed by atoms with Gasteiger partial charge in [0, 0.05) is 18.5 Å². The fraction of sp³-hybridized carbons (Fsp3) is 0.318. The predicted octanol–water partition coefficient (Wildman–Crippen LogP) is 2.94. The van der Waals surface area contributed by atoms with Crippen molar-refractivity contribution in [3.8, 4) is 5.75 Å². The van der Waals surface area contributed by atoms with Gasteiger partial charge in [0.15, 0.2) is 0 Å². The normalized spacial score (nSPS) is 10.6. The molecule has 0 saturated carbocycles. The van der Waals surface area contributed by atoms with Crippen LogP contribution < -0.4 is 20.9 Å². The summed E-state index contributed by atoms with van der Waals surface area (Å²) in [6.45, 7) is 5.72. The molecule has 8 heteroatoms. The SMILES string of the molecule is CC(C)(C)OC(=O)NCCC(=O)NNC(=O)c1ccc(COc2ccccc2)cc1. The summed E-state index contributed by atoms with van der Waals surface area (Å²) in [4.78, 5) is 35.4. The van der Waals surface area contributed by atoms with Gasteiger partial charge in [-0.2, -0.15) is 0 Å². The number of benzene rings is 2. The van der Waals surface area contributed by atoms with Crippen molar-refractivity contribution >= 4 is 17.9 Å². The maximum atomic E-state index is 12.1. The summed E-state index contributed by atoms with van der Waals surface area (Å²) in [5, 5.41) is 2.47. The van der Waals surface area contributed by atoms with E-state index in [-0.39, 0.29) is 13.0 Å². The van der Waals surface area contributed by atoms with Gasteiger partial charge in [0.05, 0.1) is 0 Å². The third kappa shape index (κ3) is 8.64. The Hall–Kier alpha value is -3.55. The molecule has 0 heterocycles. The van der Waals surface area contributed by atoms with Crippen LogP contribution in [0.1, 0.15) is 43.1 Å². The van der Waals surface area contributed by atoms with Crippen LogP contribution in [-0.2, 0) is 16.1 Å². The molecule has 0 aliphatic heterocycles. The zero-order valence-electron chi connectivity index (χ0n) is 17.4. The Labute approximate surface area is 175 Å². The van der Waals surface area contributed by atoms with Crippen molar-refractivity contribution in [2.75, 3.05) is 6.54 Å². The summed E-state index contributed by atoms with van der Waals surface area (Å²) in [5.74, 6) is -0.116. The van der Waals surface area contributed by atoms with Crippen molar-refractivity contribution < 1.29 is 23.9 Å². The Morgan fingerprint density at radius 3 is 2.20 bits per heavy atom. The fourth-order valence-corrected chi connectivity index (χ4v) is 2.29. The van der Waals surface area contributed by atoms with Crippen molar-refractivity contribution in [3.63, 3.8) is 0 Å². The van der Waals surface area contributed by atoms with Crippen LogP contribution in [0, 0.1) is 0 Å². The number of alkyl carbamates (subject to hydrolysis) is 1. The molecule has 8 nitrogen and oxygen atoms in total. The molecule has 0 saturated heterocycles. The Kier molecular flexibility index (Phi) is 8.22. The van der Waals surface area contributed by atoms with Gasteiger partial charge >= 0.3 is 6.09 Å². The smallest absolute Gasteiger partial charge is 0.407 e. The second-order valence-electron chi connectivity index (χ2n) is 7.48. The van der Waals surface area contributed by atoms with Crippen LogP contribution in [0.2, 0.25) is 0 Å². The number of ether oxygens (including phenoxy) is 2. The lowest BCUT2D eigenvalue weighted by molar-refractivity contribution is -0.121. The molecule has 3 N–H and O–H groups in total. The highest BCUT2D eigenvalue weighted by molar-refractivity contribution is 5.95. The minimum absolute atomic E-state index is 0.00468. The maximum Gasteiger partial charge on any atom is 0.407 e. The Morgan fingerprint density at radius 1 is 0.900 bits per heavy atom. The van der Waals surface area contributed by atoms with Crippen molar-refractivity contribution in [3.05, 3.63) is 65.7 Å². The first-order valence-corrected chi connectivity index (χ1v) is 9.56. The number of hydrogen-bond acceptors (Lipinski definition) is 5. The first-order chi connectivity index (χ1) is 14.2. The Balaban J connectivity index is 1.69. The van der Waals surface area contributed by atoms with Crippen LogP contribution >= 0.6 is 0 Å². The fourth-order valence-electron chi connectivity index (χ4n) is 2.29. The first-order valence-electron chi connectivity index (χ1n) is 9.56. The molecular weight excluding hydrogens is 386 g/mol. The summed E-state index contributed by atoms with van der Waals surface area (Å²) >= 11 is 0. The number of hydrazine groups is 1. The Bertz CT molecular complexity index is 845. The molecule has 2 rings (SSSR count). The number of carbonyl (C=O) groups is 3. The maximum absolute atomic E-state index is 12.1. The first kappa shape index (κ1) is 22.7. The van der Waals surface area contributed by atoms with E-state index in [0.29, 0.717) is 12.2 Å². The number of hydrogen-bond donors (Lipinski definition) is 3. The molecule has 0 spiro atoms. The van der Waals surface area contributed by atoms with E-state index in [1.54, 1.807) is 45.0 Å². The van der Waals surface area contributed by atoms with Crippen molar-refractivity contribution in [2.45, 2.75) is 39.4 Å². The molecule has 0 atom stereocenters. The van der Waals surface area contributed by atoms with Gasteiger partial charge in [-0.1, -0.05) is 30.3 Å². The largest absolute Gasteiger partial charge is 0.489 e. The highest BCUT2D eigenvalue weighted by Crippen LogP contribution is 2.12. The predicted molar refractivity (Wildman–Crippen MR) is 112 cm³/mol. The molecule has 160 valence electrons. The Morgan fingerprint density at radius 2 is 1.57 bits per heavy atom. The second-order valence-corrected chi connectivity index (χ2v) is 7.48. The molecule has 0 aliphatic carbocycles. The summed E-state index contributed by atoms with van der Waals surface area (Å²) in [6, 6.07) is 16.3. The van der Waals surface area contributed by atoms with Crippen LogP contribution in [0.15, 0.2) is 54.6 Å². The summed E-state index contributed by atoms with van der Waals surface area (Å²) in [7, 11) is 0. The third-order valence-electron chi connectivity index (χ3n) is 3.70. The lowest BCUT2D eigenvalue weighted by Gasteiger charge is -2.19. The lowest BCUT2D eigenvalue weighted by Crippen LogP contribution is -2.43. The molecule has 0 bridgehead atoms. The highest BCUT2D eigenvalue weighted by atomic mass is 16.6. The molecule has 0 fully saturated rings. The number of para-hydroxylation sites is 1. The van der Waals surface area contributed by atoms with Crippen molar-refractivity contribution in [1.29, 1.82) is 0 Å². The van der Waals surface area contributed by atoms with E-state index in [1.807, 2.05) is 30.3 Å². The number of rotatable bonds is 7. The third-order valence-corrected chi connectivity index (χ3v) is 3.70. The topological polar surface area (TPSA) is 106 Å². The molecule has 30 heavy (non-hydrogen) atoms. The van der Waals surface area contributed by atoms with Crippen LogP contribution in [0.25, 0.3) is 0 Å². The van der Waals surface area contributed by atoms with Crippen LogP contribution in [0.4, 0.5) is 4.79 Å². The highest BCUT2D eigenvalue weighted by Gasteiger charge is 2.16. The van der Waals surface area contributed by atoms with Gasteiger partial charge in [-0.3, -0.25) is 20.4 Å². The molecule has 0 aromatic heterocycles. The average Bonchev–Trinajstić information content (AvgIpc) is 2.70. The monoisotopic (exact) mass is 413 g/mol. The van der Waals surface area contributed by atoms with E-state index in [1.165, 1.54) is 0 Å². The van der Waals surface area contributed by atoms with E-state index in [2.05, 4.69) is 16.2 Å². The minimum atomic E-state index is -0.608. The summed E-state index contributed by atoms with van der Waals surface area (Å²) in [6.07, 6.45) is -0.606. The van der Waals surface area contributed by atoms with Crippen molar-refractivity contribution in [2.24, 2.45) is 0 Å². The zero-order valence-corrected chi connectivity index (χ0v) is 17.4. The molecule has 2 aromatic rings. The molecule has 0 radical (unpaired) electrons. The van der Waals surface area contributed by atoms with Crippen LogP contribution in [0.3, 0.4) is 0 Å². The molecule has 3 amide bonds. The van der Waals surface area contributed by atoms with Gasteiger partial charge in [0.1, 0.15) is 18.0 Å². The number of nitrogens with one attached hydrogen (secondary N) is 3. The van der Waals surface area contributed by atoms with Gasteiger partial charge in [0.2, 0.25) is 5.91 Å². The molecule has 2 aromatic carbocycles. The molecule has 0 aliphatic rings. The van der Waals surface area contributed by atoms with Crippen molar-refractivity contribution in [1.82, 2.24) is 16.2 Å². The van der Waals surface area contributed by atoms with E-state index in [4.69, 9.17) is 9.47 Å². The average molecular weight is 413 g/mol. The van der Waals surface area contributed by atoms with Crippen LogP contribution in [-0.4, -0.2) is 30.1 Å². The van der Waals surface area contributed by atoms with E-state index >= 15 is 0 Å². The van der Waals surface area contributed by atoms with E-state index < -0.39 is 23.5 Å². The molecular formula is C22H27N3O5. The standard InChI is InChI=1S/C22H27N3O5/c1-22(2,3)30-21(28)23-14-13-19(26)24-25-20(27)17-11-9-16(10-12-17)15-29-18-7-5-4-6-8-18/h4-12H,13-15H2,1-3H3,(H,23,28)(H,24,26)(H,25,27). The van der Waals surface area contributed by atoms with Gasteiger partial charge in [-0.15, -0.1) is 0 Å². The van der Waals surface area contributed by atoms with E-state index in [0.717, 1.165) is 11.3 Å². The second kappa shape index (κ2) is 10.8. The quantitative estimate of drug-likeness (QED) is 0.605. The molecule has 0 unspecified atom stereocenters. The number of amides is 3. The van der Waals surface area contributed by atoms with Crippen LogP contribution in [0.5, 0.6) is 5.75 Å². The summed E-state index contributed by atoms with van der Waals surface area (Å²) < 4.78 is 10.7. The number of carbonyl (C=O) groups excluding carboxylic acids is 3. The lowest BCUT2D eigenvalue weighted by atomic mass is 10.1. The van der Waals surface area contributed by atoms with Gasteiger partial charge in [-0.25, -0.2) is 4.79 Å². The van der Waals surface area contributed by atoms with E-state index in [9.17, 15) is 14.4 Å². The summed E-state index contributed by atoms with van der Waals surface area (Å²) in [5.41, 5.74) is 5.34.